The Morgan fingerprint density at radius 2 is 1.29 bits per heavy atom. The Kier molecular flexibility index (Phi) is 25.8. The third-order valence-electron chi connectivity index (χ3n) is 16.4. The number of carbonyl (C=O) groups excluding carboxylic acids is 6. The first-order valence-corrected chi connectivity index (χ1v) is 29.5. The molecular weight excluding hydrogens is 1230 g/mol. The number of nitrogens with one attached hydrogen (secondary N) is 9. The number of carbonyl (C=O) groups is 5. The zero-order valence-corrected chi connectivity index (χ0v) is 49.7. The smallest absolute Gasteiger partial charge is 0.306 e. The van der Waals surface area contributed by atoms with Crippen LogP contribution in [0.2, 0.25) is 0 Å². The zero-order chi connectivity index (χ0) is 67.4. The summed E-state index contributed by atoms with van der Waals surface area (Å²) in [6, 6.07) is 1.78. The van der Waals surface area contributed by atoms with Gasteiger partial charge < -0.3 is 143 Å². The lowest BCUT2D eigenvalue weighted by atomic mass is 9.93. The van der Waals surface area contributed by atoms with E-state index in [4.69, 9.17) is 45.0 Å². The van der Waals surface area contributed by atoms with Crippen LogP contribution in [0.4, 0.5) is 0 Å². The fourth-order valence-electron chi connectivity index (χ4n) is 11.0. The molecule has 5 aliphatic rings. The molecule has 0 spiro atoms. The van der Waals surface area contributed by atoms with Gasteiger partial charge in [-0.2, -0.15) is 0 Å². The van der Waals surface area contributed by atoms with Crippen molar-refractivity contribution >= 4 is 47.8 Å². The first kappa shape index (κ1) is 72.5. The van der Waals surface area contributed by atoms with E-state index in [1.165, 1.54) is 30.6 Å². The van der Waals surface area contributed by atoms with Crippen LogP contribution >= 0.6 is 0 Å². The van der Waals surface area contributed by atoms with Crippen LogP contribution in [0.5, 0.6) is 5.75 Å². The molecule has 2 aromatic carbocycles. The Labute approximate surface area is 525 Å². The maximum Gasteiger partial charge on any atom is 0.306 e. The van der Waals surface area contributed by atoms with Gasteiger partial charge in [0.1, 0.15) is 109 Å². The van der Waals surface area contributed by atoms with Gasteiger partial charge in [0, 0.05) is 31.8 Å². The number of benzene rings is 2. The van der Waals surface area contributed by atoms with Gasteiger partial charge in [-0.15, -0.1) is 0 Å². The lowest BCUT2D eigenvalue weighted by Crippen LogP contribution is -2.69. The summed E-state index contributed by atoms with van der Waals surface area (Å²) >= 11 is 0. The predicted molar refractivity (Wildman–Crippen MR) is 309 cm³/mol. The van der Waals surface area contributed by atoms with E-state index in [2.05, 4.69) is 37.2 Å². The molecule has 0 aromatic heterocycles. The SMILES string of the molecule is CCCC(=O)OC1C(OC2C(CO)OC(Oc3ccc(CC(NC(=O)C(N)C(C)c4ccccc4)C(=O)NC(C(=O)NC(C(=O)NC([C]=O)CO)C(O)C4CNC(=N)N4C4OC(CO)C(O)C(O)C4O)C(O)C4CNC(=N)N4)cc3)C(O)C2O)OC(CO)C(O)C1O. The molecule has 0 aliphatic carbocycles. The van der Waals surface area contributed by atoms with E-state index in [-0.39, 0.29) is 30.2 Å². The molecule has 36 nitrogen and oxygen atoms in total. The minimum absolute atomic E-state index is 0.0621. The normalized spacial score (nSPS) is 32.3. The van der Waals surface area contributed by atoms with Gasteiger partial charge >= 0.3 is 5.97 Å². The molecule has 24 N–H and O–H groups in total. The fraction of sp³-hybridized carbons (Fsp3) is 0.643. The van der Waals surface area contributed by atoms with Gasteiger partial charge in [-0.05, 0) is 29.7 Å². The number of nitrogens with two attached hydrogens (primary N) is 1. The highest BCUT2D eigenvalue weighted by Crippen LogP contribution is 2.33. The number of amides is 4. The van der Waals surface area contributed by atoms with Gasteiger partial charge in [0.2, 0.25) is 36.2 Å². The Morgan fingerprint density at radius 1 is 0.696 bits per heavy atom. The number of esters is 1. The van der Waals surface area contributed by atoms with E-state index in [1.807, 2.05) is 0 Å². The van der Waals surface area contributed by atoms with Crippen molar-refractivity contribution in [1.29, 1.82) is 10.8 Å². The maximum atomic E-state index is 14.9. The summed E-state index contributed by atoms with van der Waals surface area (Å²) in [6.07, 6.45) is -29.9. The molecule has 5 aliphatic heterocycles. The maximum absolute atomic E-state index is 14.9. The highest BCUT2D eigenvalue weighted by molar-refractivity contribution is 5.96. The van der Waals surface area contributed by atoms with Crippen LogP contribution in [0.3, 0.4) is 0 Å². The quantitative estimate of drug-likeness (QED) is 0.0336. The fourth-order valence-corrected chi connectivity index (χ4v) is 11.0. The summed E-state index contributed by atoms with van der Waals surface area (Å²) in [4.78, 5) is 83.2. The Bertz CT molecular complexity index is 2820. The molecule has 0 bridgehead atoms. The molecule has 511 valence electrons. The van der Waals surface area contributed by atoms with E-state index in [1.54, 1.807) is 44.2 Å². The van der Waals surface area contributed by atoms with Crippen LogP contribution in [0.25, 0.3) is 0 Å². The molecule has 25 atom stereocenters. The van der Waals surface area contributed by atoms with Crippen molar-refractivity contribution < 1.29 is 124 Å². The number of nitrogens with zero attached hydrogens (tertiary/aromatic N) is 1. The van der Waals surface area contributed by atoms with Gasteiger partial charge in [0.25, 0.3) is 0 Å². The Hall–Kier alpha value is -6.92. The molecule has 1 radical (unpaired) electrons. The molecule has 2 aromatic rings. The Morgan fingerprint density at radius 3 is 1.90 bits per heavy atom. The van der Waals surface area contributed by atoms with Gasteiger partial charge in [0.15, 0.2) is 30.5 Å². The van der Waals surface area contributed by atoms with Gasteiger partial charge in [-0.1, -0.05) is 56.3 Å². The van der Waals surface area contributed by atoms with E-state index >= 15 is 0 Å². The van der Waals surface area contributed by atoms with Crippen molar-refractivity contribution in [2.75, 3.05) is 39.5 Å². The first-order chi connectivity index (χ1) is 43.8. The van der Waals surface area contributed by atoms with Crippen molar-refractivity contribution in [3.63, 3.8) is 0 Å². The first-order valence-electron chi connectivity index (χ1n) is 29.5. The number of ether oxygens (including phenoxy) is 6. The molecule has 25 unspecified atom stereocenters. The molecule has 36 heteroatoms. The average molecular weight is 1310 g/mol. The molecule has 5 saturated heterocycles. The summed E-state index contributed by atoms with van der Waals surface area (Å²) in [7, 11) is 0. The largest absolute Gasteiger partial charge is 0.462 e. The number of hydrogen-bond donors (Lipinski definition) is 23. The van der Waals surface area contributed by atoms with Crippen LogP contribution in [0.1, 0.15) is 43.7 Å². The van der Waals surface area contributed by atoms with Crippen molar-refractivity contribution in [2.45, 2.75) is 186 Å². The molecule has 4 amide bonds. The van der Waals surface area contributed by atoms with Crippen LogP contribution in [-0.2, 0) is 58.9 Å². The van der Waals surface area contributed by atoms with E-state index in [0.29, 0.717) is 12.0 Å². The third kappa shape index (κ3) is 16.9. The van der Waals surface area contributed by atoms with E-state index < -0.39 is 227 Å². The van der Waals surface area contributed by atoms with Crippen molar-refractivity contribution in [3.8, 4) is 5.75 Å². The van der Waals surface area contributed by atoms with Crippen molar-refractivity contribution in [3.05, 3.63) is 65.7 Å². The zero-order valence-electron chi connectivity index (χ0n) is 49.7. The van der Waals surface area contributed by atoms with Gasteiger partial charge in [0.05, 0.1) is 44.6 Å². The lowest BCUT2D eigenvalue weighted by molar-refractivity contribution is -0.353. The summed E-state index contributed by atoms with van der Waals surface area (Å²) in [6.45, 7) is -1.05. The van der Waals surface area contributed by atoms with Crippen molar-refractivity contribution in [2.24, 2.45) is 5.73 Å². The standard InChI is InChI=1S/C56H82N11O25/c1-3-7-33(73)91-47-42(79)40(77)31(20-71)89-54(47)92-46-32(21-72)90-53(45(82)43(46)80)87-26-12-10-23(11-13-26)14-27(63-49(84)34(57)22(2)24-8-5-4-6-9-24)48(83)65-35(37(74)28-15-60-55(58)64-28)51(86)66-36(50(85)62-25(17-68)18-69)38(75)29-16-61-56(59)67(29)52-44(81)41(78)39(76)30(19-70)88-52/h4-6,8-13,22,25,27-32,34-47,52-54,68,70-72,74-82H,3,7,14-17,19-21,57H2,1-2H3,(H2,59,61)(H,62,85)(H,63,84)(H,65,83)(H,66,86)(H3,58,60,64). The predicted octanol–water partition coefficient (Wildman–Crippen LogP) is -11.0. The lowest BCUT2D eigenvalue weighted by Gasteiger charge is -2.46. The minimum Gasteiger partial charge on any atom is -0.462 e. The average Bonchev–Trinajstić information content (AvgIpc) is 1.50. The van der Waals surface area contributed by atoms with E-state index in [0.717, 1.165) is 4.90 Å². The second kappa shape index (κ2) is 32.8. The minimum atomic E-state index is -2.30. The highest BCUT2D eigenvalue weighted by Gasteiger charge is 2.55. The highest BCUT2D eigenvalue weighted by atomic mass is 16.7. The van der Waals surface area contributed by atoms with Gasteiger partial charge in [-0.25, -0.2) is 0 Å². The molecule has 0 saturated carbocycles. The molecule has 5 fully saturated rings. The van der Waals surface area contributed by atoms with Crippen LogP contribution in [-0.4, -0.2) is 305 Å². The molecule has 92 heavy (non-hydrogen) atoms. The summed E-state index contributed by atoms with van der Waals surface area (Å²) in [5.41, 5.74) is 7.38. The van der Waals surface area contributed by atoms with Gasteiger partial charge in [-0.3, -0.25) is 39.6 Å². The topological polar surface area (TPSA) is 582 Å². The van der Waals surface area contributed by atoms with Crippen LogP contribution < -0.4 is 47.7 Å². The number of rotatable bonds is 29. The van der Waals surface area contributed by atoms with Crippen LogP contribution in [0.15, 0.2) is 54.6 Å². The third-order valence-corrected chi connectivity index (χ3v) is 16.4. The number of hydrogen-bond acceptors (Lipinski definition) is 28. The molecular formula is C56H82N11O25. The molecule has 7 rings (SSSR count). The number of aliphatic hydroxyl groups is 13. The number of aliphatic hydroxyl groups excluding tert-OH is 13. The molecule has 5 heterocycles. The second-order valence-electron chi connectivity index (χ2n) is 22.7. The van der Waals surface area contributed by atoms with E-state index in [9.17, 15) is 95.2 Å². The summed E-state index contributed by atoms with van der Waals surface area (Å²) in [5, 5.41) is 174. The number of guanidine groups is 2. The summed E-state index contributed by atoms with van der Waals surface area (Å²) < 4.78 is 34.2. The summed E-state index contributed by atoms with van der Waals surface area (Å²) in [5.74, 6) is -7.40. The monoisotopic (exact) mass is 1310 g/mol. The second-order valence-corrected chi connectivity index (χ2v) is 22.7. The van der Waals surface area contributed by atoms with Crippen molar-refractivity contribution in [1.82, 2.24) is 42.1 Å². The van der Waals surface area contributed by atoms with Crippen LogP contribution in [0, 0.1) is 10.8 Å². The Balaban J connectivity index is 1.15.